The second-order valence-corrected chi connectivity index (χ2v) is 4.19. The van der Waals surface area contributed by atoms with Gasteiger partial charge in [0, 0.05) is 18.8 Å². The second kappa shape index (κ2) is 6.56. The van der Waals surface area contributed by atoms with Crippen molar-refractivity contribution in [2.24, 2.45) is 5.73 Å². The fourth-order valence-corrected chi connectivity index (χ4v) is 1.67. The lowest BCUT2D eigenvalue weighted by Crippen LogP contribution is -2.28. The highest BCUT2D eigenvalue weighted by Crippen LogP contribution is 2.05. The van der Waals surface area contributed by atoms with Crippen LogP contribution in [0.25, 0.3) is 0 Å². The standard InChI is InChI=1S/C15H17N3O/c16-10-12-6-8-13(9-7-12)11-17-15(19)18-14-4-2-1-3-5-14/h1-9H,10-11,16H2,(H2,17,18,19). The van der Waals surface area contributed by atoms with Crippen LogP contribution in [0.4, 0.5) is 10.5 Å². The van der Waals surface area contributed by atoms with Gasteiger partial charge in [-0.25, -0.2) is 4.79 Å². The first kappa shape index (κ1) is 13.1. The molecule has 0 spiro atoms. The van der Waals surface area contributed by atoms with Gasteiger partial charge in [-0.1, -0.05) is 42.5 Å². The molecule has 0 aliphatic carbocycles. The third kappa shape index (κ3) is 4.12. The molecule has 0 heterocycles. The van der Waals surface area contributed by atoms with Gasteiger partial charge in [0.1, 0.15) is 0 Å². The molecule has 0 saturated heterocycles. The molecule has 98 valence electrons. The van der Waals surface area contributed by atoms with E-state index in [-0.39, 0.29) is 6.03 Å². The van der Waals surface area contributed by atoms with Crippen LogP contribution in [0.5, 0.6) is 0 Å². The van der Waals surface area contributed by atoms with Crippen LogP contribution in [0.1, 0.15) is 11.1 Å². The number of nitrogens with two attached hydrogens (primary N) is 1. The summed E-state index contributed by atoms with van der Waals surface area (Å²) in [7, 11) is 0. The zero-order valence-electron chi connectivity index (χ0n) is 10.6. The van der Waals surface area contributed by atoms with Crippen molar-refractivity contribution in [1.82, 2.24) is 5.32 Å². The van der Waals surface area contributed by atoms with Crippen LogP contribution < -0.4 is 16.4 Å². The Labute approximate surface area is 112 Å². The third-order valence-corrected chi connectivity index (χ3v) is 2.74. The Bertz CT molecular complexity index is 523. The Hall–Kier alpha value is -2.33. The number of hydrogen-bond donors (Lipinski definition) is 3. The Morgan fingerprint density at radius 3 is 2.21 bits per heavy atom. The molecule has 2 rings (SSSR count). The number of hydrogen-bond acceptors (Lipinski definition) is 2. The van der Waals surface area contributed by atoms with Gasteiger partial charge in [0.15, 0.2) is 0 Å². The average Bonchev–Trinajstić information content (AvgIpc) is 2.47. The van der Waals surface area contributed by atoms with Gasteiger partial charge in [-0.3, -0.25) is 0 Å². The van der Waals surface area contributed by atoms with E-state index in [1.807, 2.05) is 54.6 Å². The maximum Gasteiger partial charge on any atom is 0.319 e. The van der Waals surface area contributed by atoms with Crippen LogP contribution in [-0.2, 0) is 13.1 Å². The highest BCUT2D eigenvalue weighted by Gasteiger charge is 2.01. The molecular weight excluding hydrogens is 238 g/mol. The number of para-hydroxylation sites is 1. The molecule has 0 fully saturated rings. The summed E-state index contributed by atoms with van der Waals surface area (Å²) < 4.78 is 0. The van der Waals surface area contributed by atoms with E-state index >= 15 is 0 Å². The van der Waals surface area contributed by atoms with Gasteiger partial charge in [-0.05, 0) is 23.3 Å². The number of carbonyl (C=O) groups excluding carboxylic acids is 1. The summed E-state index contributed by atoms with van der Waals surface area (Å²) in [6.45, 7) is 1.02. The largest absolute Gasteiger partial charge is 0.334 e. The number of amides is 2. The number of carbonyl (C=O) groups is 1. The van der Waals surface area contributed by atoms with Gasteiger partial charge in [0.05, 0.1) is 0 Å². The van der Waals surface area contributed by atoms with Gasteiger partial charge >= 0.3 is 6.03 Å². The lowest BCUT2D eigenvalue weighted by molar-refractivity contribution is 0.251. The van der Waals surface area contributed by atoms with Crippen molar-refractivity contribution in [3.05, 3.63) is 65.7 Å². The van der Waals surface area contributed by atoms with Crippen LogP contribution in [-0.4, -0.2) is 6.03 Å². The minimum Gasteiger partial charge on any atom is -0.334 e. The molecular formula is C15H17N3O. The molecule has 0 unspecified atom stereocenters. The predicted molar refractivity (Wildman–Crippen MR) is 76.6 cm³/mol. The number of urea groups is 1. The van der Waals surface area contributed by atoms with Crippen LogP contribution in [0.15, 0.2) is 54.6 Å². The summed E-state index contributed by atoms with van der Waals surface area (Å²) in [6.07, 6.45) is 0. The molecule has 4 heteroatoms. The van der Waals surface area contributed by atoms with Crippen molar-refractivity contribution >= 4 is 11.7 Å². The fraction of sp³-hybridized carbons (Fsp3) is 0.133. The first-order valence-electron chi connectivity index (χ1n) is 6.16. The molecule has 19 heavy (non-hydrogen) atoms. The van der Waals surface area contributed by atoms with Crippen LogP contribution in [0.2, 0.25) is 0 Å². The molecule has 0 saturated carbocycles. The Balaban J connectivity index is 1.83. The van der Waals surface area contributed by atoms with E-state index in [9.17, 15) is 4.79 Å². The van der Waals surface area contributed by atoms with Gasteiger partial charge in [-0.15, -0.1) is 0 Å². The van der Waals surface area contributed by atoms with E-state index in [0.29, 0.717) is 13.1 Å². The summed E-state index contributed by atoms with van der Waals surface area (Å²) in [4.78, 5) is 11.7. The van der Waals surface area contributed by atoms with Crippen LogP contribution >= 0.6 is 0 Å². The molecule has 0 bridgehead atoms. The number of nitrogens with one attached hydrogen (secondary N) is 2. The number of benzene rings is 2. The molecule has 0 aromatic heterocycles. The van der Waals surface area contributed by atoms with E-state index in [1.54, 1.807) is 0 Å². The molecule has 4 N–H and O–H groups in total. The summed E-state index contributed by atoms with van der Waals surface area (Å²) in [6, 6.07) is 17.0. The summed E-state index contributed by atoms with van der Waals surface area (Å²) in [5, 5.41) is 5.57. The van der Waals surface area contributed by atoms with Gasteiger partial charge in [0.25, 0.3) is 0 Å². The van der Waals surface area contributed by atoms with Gasteiger partial charge in [-0.2, -0.15) is 0 Å². The molecule has 0 radical (unpaired) electrons. The minimum atomic E-state index is -0.214. The molecule has 4 nitrogen and oxygen atoms in total. The SMILES string of the molecule is NCc1ccc(CNC(=O)Nc2ccccc2)cc1. The lowest BCUT2D eigenvalue weighted by Gasteiger charge is -2.08. The van der Waals surface area contributed by atoms with E-state index < -0.39 is 0 Å². The Morgan fingerprint density at radius 2 is 1.58 bits per heavy atom. The van der Waals surface area contributed by atoms with Crippen molar-refractivity contribution in [3.8, 4) is 0 Å². The average molecular weight is 255 g/mol. The maximum atomic E-state index is 11.7. The van der Waals surface area contributed by atoms with E-state index in [2.05, 4.69) is 10.6 Å². The van der Waals surface area contributed by atoms with E-state index in [0.717, 1.165) is 16.8 Å². The van der Waals surface area contributed by atoms with Crippen LogP contribution in [0.3, 0.4) is 0 Å². The quantitative estimate of drug-likeness (QED) is 0.785. The van der Waals surface area contributed by atoms with Crippen molar-refractivity contribution in [2.45, 2.75) is 13.1 Å². The smallest absolute Gasteiger partial charge is 0.319 e. The summed E-state index contributed by atoms with van der Waals surface area (Å²) in [5.41, 5.74) is 8.43. The highest BCUT2D eigenvalue weighted by molar-refractivity contribution is 5.89. The zero-order chi connectivity index (χ0) is 13.5. The summed E-state index contributed by atoms with van der Waals surface area (Å²) >= 11 is 0. The van der Waals surface area contributed by atoms with E-state index in [1.165, 1.54) is 0 Å². The summed E-state index contributed by atoms with van der Waals surface area (Å²) in [5.74, 6) is 0. The first-order chi connectivity index (χ1) is 9.28. The van der Waals surface area contributed by atoms with Gasteiger partial charge in [0.2, 0.25) is 0 Å². The van der Waals surface area contributed by atoms with E-state index in [4.69, 9.17) is 5.73 Å². The van der Waals surface area contributed by atoms with Crippen molar-refractivity contribution < 1.29 is 4.79 Å². The monoisotopic (exact) mass is 255 g/mol. The van der Waals surface area contributed by atoms with Crippen LogP contribution in [0, 0.1) is 0 Å². The molecule has 0 atom stereocenters. The zero-order valence-corrected chi connectivity index (χ0v) is 10.6. The van der Waals surface area contributed by atoms with Gasteiger partial charge < -0.3 is 16.4 Å². The van der Waals surface area contributed by atoms with Crippen molar-refractivity contribution in [2.75, 3.05) is 5.32 Å². The Kier molecular flexibility index (Phi) is 4.53. The van der Waals surface area contributed by atoms with Crippen molar-refractivity contribution in [3.63, 3.8) is 0 Å². The normalized spacial score (nSPS) is 9.95. The predicted octanol–water partition coefficient (Wildman–Crippen LogP) is 2.47. The first-order valence-corrected chi connectivity index (χ1v) is 6.16. The molecule has 2 aromatic carbocycles. The van der Waals surface area contributed by atoms with Crippen molar-refractivity contribution in [1.29, 1.82) is 0 Å². The topological polar surface area (TPSA) is 67.1 Å². The molecule has 0 aliphatic rings. The lowest BCUT2D eigenvalue weighted by atomic mass is 10.1. The highest BCUT2D eigenvalue weighted by atomic mass is 16.2. The fourth-order valence-electron chi connectivity index (χ4n) is 1.67. The second-order valence-electron chi connectivity index (χ2n) is 4.19. The number of rotatable bonds is 4. The Morgan fingerprint density at radius 1 is 0.947 bits per heavy atom. The number of anilines is 1. The third-order valence-electron chi connectivity index (χ3n) is 2.74. The molecule has 2 aromatic rings. The maximum absolute atomic E-state index is 11.7. The molecule has 2 amide bonds. The molecule has 0 aliphatic heterocycles. The minimum absolute atomic E-state index is 0.214.